The fourth-order valence-electron chi connectivity index (χ4n) is 4.02. The van der Waals surface area contributed by atoms with E-state index in [-0.39, 0.29) is 24.3 Å². The molecule has 2 heterocycles. The maximum Gasteiger partial charge on any atom is 0.341 e. The molecule has 0 aliphatic heterocycles. The molecule has 0 radical (unpaired) electrons. The first-order valence-electron chi connectivity index (χ1n) is 9.39. The number of halogens is 1. The largest absolute Gasteiger partial charge is 0.462 e. The van der Waals surface area contributed by atoms with Crippen LogP contribution in [0, 0.1) is 5.92 Å². The number of hydrogen-bond donors (Lipinski definition) is 1. The Morgan fingerprint density at radius 2 is 2.10 bits per heavy atom. The number of hydrogen-bond acceptors (Lipinski definition) is 7. The highest BCUT2D eigenvalue weighted by molar-refractivity contribution is 14.2. The van der Waals surface area contributed by atoms with Crippen LogP contribution in [0.25, 0.3) is 11.0 Å². The van der Waals surface area contributed by atoms with Gasteiger partial charge in [-0.05, 0) is 44.6 Å². The minimum absolute atomic E-state index is 0.0341. The van der Waals surface area contributed by atoms with E-state index in [1.165, 1.54) is 9.12 Å². The molecule has 3 rings (SSSR count). The molecule has 0 atom stereocenters. The van der Waals surface area contributed by atoms with Crippen LogP contribution in [0.2, 0.25) is 0 Å². The number of nitrogens with zero attached hydrogens (tertiary/aromatic N) is 3. The summed E-state index contributed by atoms with van der Waals surface area (Å²) in [4.78, 5) is 19.2. The van der Waals surface area contributed by atoms with Crippen molar-refractivity contribution >= 4 is 63.1 Å². The standard InChI is InChI=1S/C18H24IN3O5S2/c1-3-27-18(23)15-10-20-17-14(8-9-22(17)28-19)16(15)21(2)13-6-4-12(5-7-13)11-29(24,25)26/h8-10,12-13H,3-7,11H2,1-2H3,(H,24,25,26). The fraction of sp³-hybridized carbons (Fsp3) is 0.556. The molecular weight excluding hydrogens is 529 g/mol. The quantitative estimate of drug-likeness (QED) is 0.313. The van der Waals surface area contributed by atoms with Crippen molar-refractivity contribution in [3.63, 3.8) is 0 Å². The summed E-state index contributed by atoms with van der Waals surface area (Å²) < 4.78 is 38.6. The number of anilines is 1. The third-order valence-corrected chi connectivity index (χ3v) is 7.99. The van der Waals surface area contributed by atoms with Crippen molar-refractivity contribution in [2.75, 3.05) is 24.3 Å². The van der Waals surface area contributed by atoms with E-state index in [9.17, 15) is 13.2 Å². The lowest BCUT2D eigenvalue weighted by Gasteiger charge is -2.36. The second-order valence-electron chi connectivity index (χ2n) is 7.22. The van der Waals surface area contributed by atoms with Gasteiger partial charge >= 0.3 is 5.97 Å². The molecule has 2 aromatic rings. The van der Waals surface area contributed by atoms with Gasteiger partial charge in [0.1, 0.15) is 5.56 Å². The Hall–Kier alpha value is -1.05. The summed E-state index contributed by atoms with van der Waals surface area (Å²) in [5.41, 5.74) is 1.99. The second kappa shape index (κ2) is 9.40. The van der Waals surface area contributed by atoms with Gasteiger partial charge < -0.3 is 9.64 Å². The van der Waals surface area contributed by atoms with Gasteiger partial charge in [0, 0.05) is 61.2 Å². The molecule has 0 aromatic carbocycles. The molecule has 1 N–H and O–H groups in total. The Labute approximate surface area is 186 Å². The van der Waals surface area contributed by atoms with Crippen LogP contribution in [0.1, 0.15) is 43.0 Å². The van der Waals surface area contributed by atoms with Crippen molar-refractivity contribution in [1.82, 2.24) is 8.96 Å². The lowest BCUT2D eigenvalue weighted by Crippen LogP contribution is -2.37. The van der Waals surface area contributed by atoms with Gasteiger partial charge in [0.05, 0.1) is 18.0 Å². The zero-order valence-electron chi connectivity index (χ0n) is 16.2. The molecule has 1 aliphatic rings. The number of rotatable bonds is 7. The van der Waals surface area contributed by atoms with Gasteiger partial charge in [-0.25, -0.2) is 9.78 Å². The number of ether oxygens (including phenoxy) is 1. The zero-order valence-corrected chi connectivity index (χ0v) is 20.0. The maximum atomic E-state index is 12.6. The van der Waals surface area contributed by atoms with E-state index < -0.39 is 16.1 Å². The van der Waals surface area contributed by atoms with Crippen molar-refractivity contribution in [1.29, 1.82) is 0 Å². The summed E-state index contributed by atoms with van der Waals surface area (Å²) >= 11 is 2.18. The minimum Gasteiger partial charge on any atom is -0.462 e. The summed E-state index contributed by atoms with van der Waals surface area (Å²) in [6, 6.07) is 2.11. The molecule has 0 amide bonds. The highest BCUT2D eigenvalue weighted by Crippen LogP contribution is 2.37. The molecule has 1 saturated carbocycles. The molecule has 2 aromatic heterocycles. The SMILES string of the molecule is CCOC(=O)c1cnc2c(ccn2SI)c1N(C)C1CCC(CS(=O)(=O)O)CC1. The molecule has 0 unspecified atom stereocenters. The van der Waals surface area contributed by atoms with E-state index in [1.807, 2.05) is 23.3 Å². The third kappa shape index (κ3) is 5.17. The predicted molar refractivity (Wildman–Crippen MR) is 123 cm³/mol. The van der Waals surface area contributed by atoms with Gasteiger partial charge in [0.25, 0.3) is 10.1 Å². The number of esters is 1. The molecule has 0 spiro atoms. The molecule has 1 aliphatic carbocycles. The topological polar surface area (TPSA) is 102 Å². The van der Waals surface area contributed by atoms with Crippen molar-refractivity contribution < 1.29 is 22.5 Å². The Morgan fingerprint density at radius 1 is 1.41 bits per heavy atom. The highest BCUT2D eigenvalue weighted by atomic mass is 127. The van der Waals surface area contributed by atoms with E-state index >= 15 is 0 Å². The lowest BCUT2D eigenvalue weighted by molar-refractivity contribution is 0.0526. The highest BCUT2D eigenvalue weighted by Gasteiger charge is 2.30. The number of pyridine rings is 1. The molecule has 160 valence electrons. The molecule has 8 nitrogen and oxygen atoms in total. The first-order valence-corrected chi connectivity index (χ1v) is 14.3. The maximum absolute atomic E-state index is 12.6. The van der Waals surface area contributed by atoms with Crippen LogP contribution in [0.4, 0.5) is 5.69 Å². The summed E-state index contributed by atoms with van der Waals surface area (Å²) in [5.74, 6) is -0.626. The normalized spacial score (nSPS) is 20.0. The molecule has 11 heteroatoms. The molecule has 29 heavy (non-hydrogen) atoms. The van der Waals surface area contributed by atoms with E-state index in [0.29, 0.717) is 18.4 Å². The molecular formula is C18H24IN3O5S2. The van der Waals surface area contributed by atoms with Crippen molar-refractivity contribution in [2.45, 2.75) is 38.6 Å². The number of fused-ring (bicyclic) bond motifs is 1. The fourth-order valence-corrected chi connectivity index (χ4v) is 6.22. The van der Waals surface area contributed by atoms with Crippen LogP contribution in [-0.2, 0) is 14.9 Å². The van der Waals surface area contributed by atoms with Crippen LogP contribution in [0.15, 0.2) is 18.5 Å². The number of aromatic nitrogens is 2. The summed E-state index contributed by atoms with van der Waals surface area (Å²) in [5, 5.41) is 0.877. The van der Waals surface area contributed by atoms with Crippen molar-refractivity contribution in [3.05, 3.63) is 24.0 Å². The third-order valence-electron chi connectivity index (χ3n) is 5.39. The van der Waals surface area contributed by atoms with Gasteiger partial charge in [-0.3, -0.25) is 8.53 Å². The van der Waals surface area contributed by atoms with Crippen LogP contribution in [-0.4, -0.2) is 53.3 Å². The minimum atomic E-state index is -3.96. The lowest BCUT2D eigenvalue weighted by atomic mass is 9.86. The molecule has 0 saturated heterocycles. The monoisotopic (exact) mass is 553 g/mol. The zero-order chi connectivity index (χ0) is 21.2. The molecule has 0 bridgehead atoms. The Kier molecular flexibility index (Phi) is 7.33. The number of carbonyl (C=O) groups is 1. The van der Waals surface area contributed by atoms with Crippen LogP contribution in [0.3, 0.4) is 0 Å². The first kappa shape index (κ1) is 22.6. The van der Waals surface area contributed by atoms with Crippen LogP contribution < -0.4 is 4.90 Å². The van der Waals surface area contributed by atoms with E-state index in [2.05, 4.69) is 31.1 Å². The van der Waals surface area contributed by atoms with Gasteiger partial charge in [0.15, 0.2) is 5.65 Å². The Bertz CT molecular complexity index is 987. The Balaban J connectivity index is 1.91. The van der Waals surface area contributed by atoms with Crippen LogP contribution in [0.5, 0.6) is 0 Å². The molecule has 1 fully saturated rings. The van der Waals surface area contributed by atoms with Gasteiger partial charge in [0.2, 0.25) is 0 Å². The predicted octanol–water partition coefficient (Wildman–Crippen LogP) is 3.94. The smallest absolute Gasteiger partial charge is 0.341 e. The van der Waals surface area contributed by atoms with Gasteiger partial charge in [-0.1, -0.05) is 0 Å². The Morgan fingerprint density at radius 3 is 2.69 bits per heavy atom. The summed E-state index contributed by atoms with van der Waals surface area (Å²) in [7, 11) is -0.498. The average molecular weight is 553 g/mol. The van der Waals surface area contributed by atoms with Crippen molar-refractivity contribution in [2.24, 2.45) is 5.92 Å². The van der Waals surface area contributed by atoms with Crippen LogP contribution >= 0.6 is 30.3 Å². The van der Waals surface area contributed by atoms with Gasteiger partial charge in [-0.2, -0.15) is 8.42 Å². The van der Waals surface area contributed by atoms with E-state index in [4.69, 9.17) is 9.29 Å². The second-order valence-corrected chi connectivity index (χ2v) is 10.4. The first-order chi connectivity index (χ1) is 13.7. The number of carbonyl (C=O) groups excluding carboxylic acids is 1. The van der Waals surface area contributed by atoms with E-state index in [1.54, 1.807) is 13.1 Å². The van der Waals surface area contributed by atoms with Gasteiger partial charge in [-0.15, -0.1) is 0 Å². The van der Waals surface area contributed by atoms with Crippen molar-refractivity contribution in [3.8, 4) is 0 Å². The average Bonchev–Trinajstić information content (AvgIpc) is 3.09. The summed E-state index contributed by atoms with van der Waals surface area (Å²) in [6.07, 6.45) is 6.48. The summed E-state index contributed by atoms with van der Waals surface area (Å²) in [6.45, 7) is 2.05. The van der Waals surface area contributed by atoms with E-state index in [0.717, 1.165) is 29.6 Å².